The molecule has 0 saturated carbocycles. The monoisotopic (exact) mass is 297 g/mol. The number of hydrogen-bond acceptors (Lipinski definition) is 4. The van der Waals surface area contributed by atoms with E-state index in [4.69, 9.17) is 15.2 Å². The third-order valence-electron chi connectivity index (χ3n) is 3.06. The van der Waals surface area contributed by atoms with Crippen molar-refractivity contribution in [2.75, 3.05) is 13.2 Å². The fourth-order valence-electron chi connectivity index (χ4n) is 1.94. The molecule has 0 unspecified atom stereocenters. The number of carbonyl (C=O) groups excluding carboxylic acids is 1. The molecule has 0 saturated heterocycles. The van der Waals surface area contributed by atoms with Crippen LogP contribution in [0.15, 0.2) is 18.2 Å². The standard InChI is InChI=1S/C16H24FNO3/c1-3-20-16(19)7-5-4-6-10-21-13-8-9-14(12(2)18)15(17)11-13/h8-9,11-12H,3-7,10,18H2,1-2H3/t12-/m1/s1. The summed E-state index contributed by atoms with van der Waals surface area (Å²) in [5.74, 6) is -0.000846. The first-order chi connectivity index (χ1) is 10.0. The molecule has 1 aromatic rings. The first kappa shape index (κ1) is 17.4. The minimum absolute atomic E-state index is 0.160. The third-order valence-corrected chi connectivity index (χ3v) is 3.06. The lowest BCUT2D eigenvalue weighted by atomic mass is 10.1. The quantitative estimate of drug-likeness (QED) is 0.561. The minimum Gasteiger partial charge on any atom is -0.493 e. The van der Waals surface area contributed by atoms with Crippen LogP contribution in [0.1, 0.15) is 51.1 Å². The fourth-order valence-corrected chi connectivity index (χ4v) is 1.94. The Morgan fingerprint density at radius 1 is 1.33 bits per heavy atom. The number of benzene rings is 1. The number of halogens is 1. The smallest absolute Gasteiger partial charge is 0.305 e. The van der Waals surface area contributed by atoms with Crippen LogP contribution in [0.2, 0.25) is 0 Å². The van der Waals surface area contributed by atoms with Crippen LogP contribution in [-0.4, -0.2) is 19.2 Å². The number of rotatable bonds is 9. The lowest BCUT2D eigenvalue weighted by Crippen LogP contribution is -2.07. The van der Waals surface area contributed by atoms with Crippen LogP contribution in [0, 0.1) is 5.82 Å². The molecular weight excluding hydrogens is 273 g/mol. The van der Waals surface area contributed by atoms with E-state index >= 15 is 0 Å². The number of nitrogens with two attached hydrogens (primary N) is 1. The molecule has 0 bridgehead atoms. The van der Waals surface area contributed by atoms with Gasteiger partial charge in [-0.3, -0.25) is 4.79 Å². The summed E-state index contributed by atoms with van der Waals surface area (Å²) < 4.78 is 24.0. The Bertz CT molecular complexity index is 449. The molecule has 0 fully saturated rings. The molecule has 0 amide bonds. The number of ether oxygens (including phenoxy) is 2. The zero-order valence-corrected chi connectivity index (χ0v) is 12.7. The molecule has 2 N–H and O–H groups in total. The third kappa shape index (κ3) is 6.58. The SMILES string of the molecule is CCOC(=O)CCCCCOc1ccc([C@@H](C)N)c(F)c1. The van der Waals surface area contributed by atoms with Gasteiger partial charge in [0, 0.05) is 24.1 Å². The Labute approximate surface area is 125 Å². The zero-order valence-electron chi connectivity index (χ0n) is 12.7. The molecule has 118 valence electrons. The molecule has 0 aliphatic rings. The van der Waals surface area contributed by atoms with Crippen molar-refractivity contribution in [3.8, 4) is 5.75 Å². The molecule has 0 spiro atoms. The highest BCUT2D eigenvalue weighted by molar-refractivity contribution is 5.69. The van der Waals surface area contributed by atoms with Gasteiger partial charge >= 0.3 is 5.97 Å². The highest BCUT2D eigenvalue weighted by Crippen LogP contribution is 2.20. The van der Waals surface area contributed by atoms with E-state index in [1.165, 1.54) is 6.07 Å². The van der Waals surface area contributed by atoms with Crippen LogP contribution in [0.3, 0.4) is 0 Å². The second-order valence-corrected chi connectivity index (χ2v) is 4.94. The normalized spacial score (nSPS) is 12.0. The van der Waals surface area contributed by atoms with Crippen molar-refractivity contribution in [1.29, 1.82) is 0 Å². The molecule has 4 nitrogen and oxygen atoms in total. The number of unbranched alkanes of at least 4 members (excludes halogenated alkanes) is 2. The second kappa shape index (κ2) is 9.34. The van der Waals surface area contributed by atoms with E-state index in [9.17, 15) is 9.18 Å². The maximum Gasteiger partial charge on any atom is 0.305 e. The minimum atomic E-state index is -0.343. The molecule has 0 aromatic heterocycles. The van der Waals surface area contributed by atoms with Crippen molar-refractivity contribution in [1.82, 2.24) is 0 Å². The van der Waals surface area contributed by atoms with Crippen LogP contribution >= 0.6 is 0 Å². The van der Waals surface area contributed by atoms with Gasteiger partial charge in [-0.25, -0.2) is 4.39 Å². The van der Waals surface area contributed by atoms with Crippen molar-refractivity contribution in [2.45, 2.75) is 45.6 Å². The van der Waals surface area contributed by atoms with Gasteiger partial charge in [-0.1, -0.05) is 6.07 Å². The molecule has 0 aliphatic carbocycles. The summed E-state index contributed by atoms with van der Waals surface area (Å²) in [6.45, 7) is 4.45. The van der Waals surface area contributed by atoms with E-state index in [1.807, 2.05) is 0 Å². The maximum atomic E-state index is 13.7. The highest BCUT2D eigenvalue weighted by atomic mass is 19.1. The van der Waals surface area contributed by atoms with Crippen molar-refractivity contribution in [3.05, 3.63) is 29.6 Å². The fraction of sp³-hybridized carbons (Fsp3) is 0.562. The Morgan fingerprint density at radius 2 is 2.10 bits per heavy atom. The molecule has 0 heterocycles. The van der Waals surface area contributed by atoms with Crippen molar-refractivity contribution < 1.29 is 18.7 Å². The summed E-state index contributed by atoms with van der Waals surface area (Å²) in [5, 5.41) is 0. The summed E-state index contributed by atoms with van der Waals surface area (Å²) in [6, 6.07) is 4.40. The molecule has 0 aliphatic heterocycles. The van der Waals surface area contributed by atoms with E-state index in [-0.39, 0.29) is 17.8 Å². The highest BCUT2D eigenvalue weighted by Gasteiger charge is 2.08. The largest absolute Gasteiger partial charge is 0.493 e. The van der Waals surface area contributed by atoms with Crippen molar-refractivity contribution >= 4 is 5.97 Å². The van der Waals surface area contributed by atoms with Gasteiger partial charge in [0.15, 0.2) is 0 Å². The number of hydrogen-bond donors (Lipinski definition) is 1. The van der Waals surface area contributed by atoms with E-state index in [1.54, 1.807) is 26.0 Å². The average Bonchev–Trinajstić information content (AvgIpc) is 2.42. The van der Waals surface area contributed by atoms with Gasteiger partial charge in [0.2, 0.25) is 0 Å². The Kier molecular flexibility index (Phi) is 7.75. The summed E-state index contributed by atoms with van der Waals surface area (Å²) >= 11 is 0. The van der Waals surface area contributed by atoms with E-state index in [0.29, 0.717) is 30.9 Å². The molecule has 1 rings (SSSR count). The zero-order chi connectivity index (χ0) is 15.7. The summed E-state index contributed by atoms with van der Waals surface area (Å²) in [4.78, 5) is 11.1. The lowest BCUT2D eigenvalue weighted by molar-refractivity contribution is -0.143. The van der Waals surface area contributed by atoms with Gasteiger partial charge < -0.3 is 15.2 Å². The van der Waals surface area contributed by atoms with Crippen LogP contribution in [0.5, 0.6) is 5.75 Å². The summed E-state index contributed by atoms with van der Waals surface area (Å²) in [6.07, 6.45) is 2.90. The average molecular weight is 297 g/mol. The van der Waals surface area contributed by atoms with Crippen molar-refractivity contribution in [2.24, 2.45) is 5.73 Å². The van der Waals surface area contributed by atoms with Crippen LogP contribution < -0.4 is 10.5 Å². The molecule has 21 heavy (non-hydrogen) atoms. The Hall–Kier alpha value is -1.62. The second-order valence-electron chi connectivity index (χ2n) is 4.94. The van der Waals surface area contributed by atoms with Crippen LogP contribution in [0.4, 0.5) is 4.39 Å². The van der Waals surface area contributed by atoms with Gasteiger partial charge in [-0.2, -0.15) is 0 Å². The molecular formula is C16H24FNO3. The first-order valence-electron chi connectivity index (χ1n) is 7.38. The van der Waals surface area contributed by atoms with Gasteiger partial charge in [-0.05, 0) is 39.2 Å². The molecule has 1 atom stereocenters. The van der Waals surface area contributed by atoms with Crippen LogP contribution in [-0.2, 0) is 9.53 Å². The van der Waals surface area contributed by atoms with Crippen molar-refractivity contribution in [3.63, 3.8) is 0 Å². The number of carbonyl (C=O) groups is 1. The van der Waals surface area contributed by atoms with Crippen LogP contribution in [0.25, 0.3) is 0 Å². The first-order valence-corrected chi connectivity index (χ1v) is 7.38. The molecule has 0 radical (unpaired) electrons. The topological polar surface area (TPSA) is 61.5 Å². The van der Waals surface area contributed by atoms with Gasteiger partial charge in [0.05, 0.1) is 13.2 Å². The Morgan fingerprint density at radius 3 is 2.71 bits per heavy atom. The van der Waals surface area contributed by atoms with E-state index < -0.39 is 0 Å². The molecule has 1 aromatic carbocycles. The van der Waals surface area contributed by atoms with Gasteiger partial charge in [-0.15, -0.1) is 0 Å². The van der Waals surface area contributed by atoms with Gasteiger partial charge in [0.1, 0.15) is 11.6 Å². The van der Waals surface area contributed by atoms with Gasteiger partial charge in [0.25, 0.3) is 0 Å². The predicted octanol–water partition coefficient (Wildman–Crippen LogP) is 3.35. The Balaban J connectivity index is 2.21. The number of esters is 1. The van der Waals surface area contributed by atoms with E-state index in [2.05, 4.69) is 0 Å². The predicted molar refractivity (Wildman–Crippen MR) is 79.6 cm³/mol. The van der Waals surface area contributed by atoms with E-state index in [0.717, 1.165) is 19.3 Å². The summed E-state index contributed by atoms with van der Waals surface area (Å²) in [7, 11) is 0. The molecule has 5 heteroatoms. The lowest BCUT2D eigenvalue weighted by Gasteiger charge is -2.10. The summed E-state index contributed by atoms with van der Waals surface area (Å²) in [5.41, 5.74) is 6.13. The maximum absolute atomic E-state index is 13.7.